The van der Waals surface area contributed by atoms with E-state index in [0.29, 0.717) is 12.2 Å². The van der Waals surface area contributed by atoms with E-state index in [1.165, 1.54) is 18.9 Å². The highest BCUT2D eigenvalue weighted by molar-refractivity contribution is 5.40. The zero-order valence-electron chi connectivity index (χ0n) is 11.7. The van der Waals surface area contributed by atoms with Gasteiger partial charge in [0, 0.05) is 12.0 Å². The normalized spacial score (nSPS) is 16.1. The van der Waals surface area contributed by atoms with Crippen LogP contribution in [0.4, 0.5) is 4.39 Å². The Kier molecular flexibility index (Phi) is 5.88. The Labute approximate surface area is 120 Å². The molecule has 0 amide bonds. The minimum absolute atomic E-state index is 0.0413. The highest BCUT2D eigenvalue weighted by atomic mass is 19.1. The lowest BCUT2D eigenvalue weighted by Gasteiger charge is -2.17. The van der Waals surface area contributed by atoms with Gasteiger partial charge in [-0.25, -0.2) is 4.39 Å². The van der Waals surface area contributed by atoms with Gasteiger partial charge < -0.3 is 9.84 Å². The summed E-state index contributed by atoms with van der Waals surface area (Å²) in [5, 5.41) is 8.70. The second-order valence-corrected chi connectivity index (χ2v) is 5.15. The van der Waals surface area contributed by atoms with Crippen molar-refractivity contribution in [3.8, 4) is 17.6 Å². The minimum Gasteiger partial charge on any atom is -0.487 e. The summed E-state index contributed by atoms with van der Waals surface area (Å²) in [6, 6.07) is 4.69. The van der Waals surface area contributed by atoms with E-state index in [1.807, 2.05) is 0 Å². The Morgan fingerprint density at radius 2 is 1.95 bits per heavy atom. The SMILES string of the molecule is OCCC#Cc1ccc(F)c(OC2CCCCCC2)c1. The van der Waals surface area contributed by atoms with Gasteiger partial charge in [-0.05, 0) is 43.9 Å². The number of aliphatic hydroxyl groups is 1. The molecule has 0 aliphatic heterocycles. The largest absolute Gasteiger partial charge is 0.487 e. The van der Waals surface area contributed by atoms with Gasteiger partial charge in [-0.3, -0.25) is 0 Å². The summed E-state index contributed by atoms with van der Waals surface area (Å²) in [5.74, 6) is 5.71. The molecule has 1 aliphatic carbocycles. The molecule has 108 valence electrons. The van der Waals surface area contributed by atoms with Gasteiger partial charge in [-0.15, -0.1) is 0 Å². The van der Waals surface area contributed by atoms with Crippen LogP contribution in [0.2, 0.25) is 0 Å². The van der Waals surface area contributed by atoms with E-state index in [-0.39, 0.29) is 18.5 Å². The first kappa shape index (κ1) is 14.9. The van der Waals surface area contributed by atoms with Crippen molar-refractivity contribution in [2.45, 2.75) is 51.0 Å². The first-order valence-electron chi connectivity index (χ1n) is 7.35. The van der Waals surface area contributed by atoms with Gasteiger partial charge in [0.15, 0.2) is 11.6 Å². The van der Waals surface area contributed by atoms with Gasteiger partial charge in [0.25, 0.3) is 0 Å². The van der Waals surface area contributed by atoms with E-state index < -0.39 is 0 Å². The summed E-state index contributed by atoms with van der Waals surface area (Å²) < 4.78 is 19.6. The van der Waals surface area contributed by atoms with Crippen molar-refractivity contribution < 1.29 is 14.2 Å². The molecule has 1 aromatic carbocycles. The van der Waals surface area contributed by atoms with Gasteiger partial charge in [-0.1, -0.05) is 24.7 Å². The summed E-state index contributed by atoms with van der Waals surface area (Å²) >= 11 is 0. The number of ether oxygens (including phenoxy) is 1. The Balaban J connectivity index is 2.06. The van der Waals surface area contributed by atoms with E-state index in [9.17, 15) is 4.39 Å². The van der Waals surface area contributed by atoms with Crippen molar-refractivity contribution in [3.63, 3.8) is 0 Å². The highest BCUT2D eigenvalue weighted by Gasteiger charge is 2.15. The Morgan fingerprint density at radius 3 is 2.65 bits per heavy atom. The van der Waals surface area contributed by atoms with Crippen molar-refractivity contribution in [2.24, 2.45) is 0 Å². The molecule has 0 radical (unpaired) electrons. The monoisotopic (exact) mass is 276 g/mol. The van der Waals surface area contributed by atoms with Crippen molar-refractivity contribution in [1.29, 1.82) is 0 Å². The summed E-state index contributed by atoms with van der Waals surface area (Å²) in [6.45, 7) is 0.0413. The number of aliphatic hydroxyl groups excluding tert-OH is 1. The summed E-state index contributed by atoms with van der Waals surface area (Å²) in [5.41, 5.74) is 0.725. The fourth-order valence-corrected chi connectivity index (χ4v) is 2.43. The maximum Gasteiger partial charge on any atom is 0.165 e. The molecule has 1 fully saturated rings. The second kappa shape index (κ2) is 7.91. The molecular weight excluding hydrogens is 255 g/mol. The molecule has 0 heterocycles. The molecule has 2 nitrogen and oxygen atoms in total. The van der Waals surface area contributed by atoms with E-state index in [2.05, 4.69) is 11.8 Å². The lowest BCUT2D eigenvalue weighted by Crippen LogP contribution is -2.15. The first-order valence-corrected chi connectivity index (χ1v) is 7.35. The van der Waals surface area contributed by atoms with Crippen molar-refractivity contribution in [2.75, 3.05) is 6.61 Å². The fraction of sp³-hybridized carbons (Fsp3) is 0.529. The molecule has 0 saturated heterocycles. The van der Waals surface area contributed by atoms with E-state index >= 15 is 0 Å². The van der Waals surface area contributed by atoms with Crippen LogP contribution >= 0.6 is 0 Å². The van der Waals surface area contributed by atoms with Crippen molar-refractivity contribution in [1.82, 2.24) is 0 Å². The van der Waals surface area contributed by atoms with Gasteiger partial charge in [0.05, 0.1) is 12.7 Å². The molecule has 0 atom stereocenters. The molecule has 1 saturated carbocycles. The Bertz CT molecular complexity index is 479. The van der Waals surface area contributed by atoms with Crippen molar-refractivity contribution in [3.05, 3.63) is 29.6 Å². The Morgan fingerprint density at radius 1 is 1.20 bits per heavy atom. The van der Waals surface area contributed by atoms with Gasteiger partial charge in [-0.2, -0.15) is 0 Å². The van der Waals surface area contributed by atoms with E-state index in [0.717, 1.165) is 31.2 Å². The third-order valence-corrected chi connectivity index (χ3v) is 3.50. The van der Waals surface area contributed by atoms with Gasteiger partial charge in [0.2, 0.25) is 0 Å². The van der Waals surface area contributed by atoms with E-state index in [1.54, 1.807) is 12.1 Å². The molecular formula is C17H21FO2. The number of halogens is 1. The van der Waals surface area contributed by atoms with Crippen LogP contribution in [0.25, 0.3) is 0 Å². The number of hydrogen-bond donors (Lipinski definition) is 1. The predicted molar refractivity (Wildman–Crippen MR) is 77.1 cm³/mol. The molecule has 0 bridgehead atoms. The number of benzene rings is 1. The summed E-state index contributed by atoms with van der Waals surface area (Å²) in [4.78, 5) is 0. The first-order chi connectivity index (χ1) is 9.79. The number of rotatable bonds is 3. The average molecular weight is 276 g/mol. The van der Waals surface area contributed by atoms with Crippen LogP contribution in [0.1, 0.15) is 50.5 Å². The minimum atomic E-state index is -0.332. The van der Waals surface area contributed by atoms with Gasteiger partial charge >= 0.3 is 0 Å². The van der Waals surface area contributed by atoms with Crippen LogP contribution in [0.3, 0.4) is 0 Å². The maximum absolute atomic E-state index is 13.8. The van der Waals surface area contributed by atoms with Crippen LogP contribution in [0.15, 0.2) is 18.2 Å². The van der Waals surface area contributed by atoms with Gasteiger partial charge in [0.1, 0.15) is 0 Å². The van der Waals surface area contributed by atoms with Crippen LogP contribution < -0.4 is 4.74 Å². The van der Waals surface area contributed by atoms with Crippen LogP contribution in [0.5, 0.6) is 5.75 Å². The average Bonchev–Trinajstić information content (AvgIpc) is 2.71. The fourth-order valence-electron chi connectivity index (χ4n) is 2.43. The molecule has 0 spiro atoms. The predicted octanol–water partition coefficient (Wildman–Crippen LogP) is 3.66. The summed E-state index contributed by atoms with van der Waals surface area (Å²) in [7, 11) is 0. The Hall–Kier alpha value is -1.53. The smallest absolute Gasteiger partial charge is 0.165 e. The summed E-state index contributed by atoms with van der Waals surface area (Å²) in [6.07, 6.45) is 7.34. The standard InChI is InChI=1S/C17H21FO2/c18-16-11-10-14(7-5-6-12-19)13-17(16)20-15-8-3-1-2-4-9-15/h10-11,13,15,19H,1-4,6,8-9,12H2. The zero-order chi connectivity index (χ0) is 14.2. The third kappa shape index (κ3) is 4.54. The van der Waals surface area contributed by atoms with Crippen molar-refractivity contribution >= 4 is 0 Å². The quantitative estimate of drug-likeness (QED) is 0.674. The molecule has 2 rings (SSSR count). The molecule has 1 N–H and O–H groups in total. The molecule has 0 unspecified atom stereocenters. The number of hydrogen-bond acceptors (Lipinski definition) is 2. The second-order valence-electron chi connectivity index (χ2n) is 5.15. The molecule has 1 aliphatic rings. The van der Waals surface area contributed by atoms with Crippen LogP contribution in [0, 0.1) is 17.7 Å². The van der Waals surface area contributed by atoms with Crippen LogP contribution in [-0.4, -0.2) is 17.8 Å². The molecule has 0 aromatic heterocycles. The topological polar surface area (TPSA) is 29.5 Å². The third-order valence-electron chi connectivity index (χ3n) is 3.50. The van der Waals surface area contributed by atoms with E-state index in [4.69, 9.17) is 9.84 Å². The molecule has 3 heteroatoms. The lowest BCUT2D eigenvalue weighted by molar-refractivity contribution is 0.176. The van der Waals surface area contributed by atoms with Crippen LogP contribution in [-0.2, 0) is 0 Å². The molecule has 20 heavy (non-hydrogen) atoms. The maximum atomic E-state index is 13.8. The molecule has 1 aromatic rings. The zero-order valence-corrected chi connectivity index (χ0v) is 11.7. The lowest BCUT2D eigenvalue weighted by atomic mass is 10.1. The highest BCUT2D eigenvalue weighted by Crippen LogP contribution is 2.25.